The zero-order valence-corrected chi connectivity index (χ0v) is 11.1. The molecule has 0 aliphatic carbocycles. The minimum absolute atomic E-state index is 0.0997. The number of nitriles is 1. The van der Waals surface area contributed by atoms with Crippen LogP contribution in [-0.2, 0) is 0 Å². The van der Waals surface area contributed by atoms with Gasteiger partial charge in [0.15, 0.2) is 0 Å². The molecule has 0 amide bonds. The number of pyridine rings is 2. The number of nitrogens with one attached hydrogen (secondary N) is 1. The molecule has 1 aromatic carbocycles. The van der Waals surface area contributed by atoms with E-state index in [9.17, 15) is 10.1 Å². The van der Waals surface area contributed by atoms with Crippen molar-refractivity contribution in [3.63, 3.8) is 0 Å². The molecule has 0 aliphatic rings. The van der Waals surface area contributed by atoms with Crippen LogP contribution in [0.4, 0.5) is 0 Å². The summed E-state index contributed by atoms with van der Waals surface area (Å²) in [5, 5.41) is 9.23. The number of nitrogens with zero attached hydrogens (tertiary/aromatic N) is 2. The van der Waals surface area contributed by atoms with Crippen molar-refractivity contribution in [3.8, 4) is 28.5 Å². The Morgan fingerprint density at radius 3 is 2.48 bits per heavy atom. The zero-order chi connectivity index (χ0) is 14.7. The Labute approximate surface area is 121 Å². The minimum Gasteiger partial charge on any atom is -0.321 e. The molecule has 0 fully saturated rings. The second kappa shape index (κ2) is 5.43. The first-order valence-electron chi connectivity index (χ1n) is 6.43. The van der Waals surface area contributed by atoms with Crippen molar-refractivity contribution in [2.24, 2.45) is 0 Å². The van der Waals surface area contributed by atoms with Crippen LogP contribution < -0.4 is 5.56 Å². The highest BCUT2D eigenvalue weighted by atomic mass is 16.1. The molecule has 1 N–H and O–H groups in total. The average molecular weight is 273 g/mol. The molecule has 3 rings (SSSR count). The standard InChI is InChI=1S/C17H11N3O/c18-10-15-14(13-7-4-8-19-11-13)9-16(20-17(15)21)12-5-2-1-3-6-12/h1-9,11H,(H,20,21). The molecule has 100 valence electrons. The SMILES string of the molecule is N#Cc1c(-c2cccnc2)cc(-c2ccccc2)[nH]c1=O. The van der Waals surface area contributed by atoms with Crippen LogP contribution in [0.5, 0.6) is 0 Å². The second-order valence-corrected chi connectivity index (χ2v) is 4.52. The molecule has 21 heavy (non-hydrogen) atoms. The van der Waals surface area contributed by atoms with E-state index in [1.165, 1.54) is 0 Å². The van der Waals surface area contributed by atoms with Gasteiger partial charge >= 0.3 is 0 Å². The first-order valence-corrected chi connectivity index (χ1v) is 6.43. The normalized spacial score (nSPS) is 10.0. The van der Waals surface area contributed by atoms with E-state index in [0.29, 0.717) is 11.3 Å². The van der Waals surface area contributed by atoms with E-state index in [-0.39, 0.29) is 5.56 Å². The first kappa shape index (κ1) is 12.8. The lowest BCUT2D eigenvalue weighted by Gasteiger charge is -2.07. The Morgan fingerprint density at radius 2 is 1.81 bits per heavy atom. The molecule has 0 aliphatic heterocycles. The van der Waals surface area contributed by atoms with Crippen molar-refractivity contribution in [2.75, 3.05) is 0 Å². The van der Waals surface area contributed by atoms with E-state index in [4.69, 9.17) is 0 Å². The molecule has 0 radical (unpaired) electrons. The predicted octanol–water partition coefficient (Wildman–Crippen LogP) is 2.98. The van der Waals surface area contributed by atoms with Gasteiger partial charge in [-0.25, -0.2) is 0 Å². The van der Waals surface area contributed by atoms with Gasteiger partial charge in [-0.05, 0) is 17.7 Å². The summed E-state index contributed by atoms with van der Waals surface area (Å²) < 4.78 is 0. The van der Waals surface area contributed by atoms with Crippen molar-refractivity contribution in [1.82, 2.24) is 9.97 Å². The number of aromatic amines is 1. The van der Waals surface area contributed by atoms with Crippen LogP contribution in [0.1, 0.15) is 5.56 Å². The highest BCUT2D eigenvalue weighted by Crippen LogP contribution is 2.25. The molecule has 0 saturated heterocycles. The Morgan fingerprint density at radius 1 is 1.05 bits per heavy atom. The Balaban J connectivity index is 2.27. The number of rotatable bonds is 2. The first-order chi connectivity index (χ1) is 10.3. The minimum atomic E-state index is -0.391. The molecule has 0 atom stereocenters. The number of hydrogen-bond acceptors (Lipinski definition) is 3. The van der Waals surface area contributed by atoms with Gasteiger partial charge in [-0.3, -0.25) is 9.78 Å². The van der Waals surface area contributed by atoms with E-state index in [1.807, 2.05) is 48.5 Å². The summed E-state index contributed by atoms with van der Waals surface area (Å²) in [5.41, 5.74) is 2.62. The molecule has 2 aromatic heterocycles. The Kier molecular flexibility index (Phi) is 3.32. The largest absolute Gasteiger partial charge is 0.321 e. The maximum absolute atomic E-state index is 12.1. The fourth-order valence-corrected chi connectivity index (χ4v) is 2.19. The maximum Gasteiger partial charge on any atom is 0.266 e. The third-order valence-electron chi connectivity index (χ3n) is 3.20. The number of benzene rings is 1. The maximum atomic E-state index is 12.1. The van der Waals surface area contributed by atoms with Crippen molar-refractivity contribution >= 4 is 0 Å². The number of hydrogen-bond donors (Lipinski definition) is 1. The van der Waals surface area contributed by atoms with Gasteiger partial charge in [0.1, 0.15) is 11.6 Å². The lowest BCUT2D eigenvalue weighted by Crippen LogP contribution is -2.12. The molecule has 2 heterocycles. The topological polar surface area (TPSA) is 69.5 Å². The van der Waals surface area contributed by atoms with Gasteiger partial charge in [0.25, 0.3) is 5.56 Å². The monoisotopic (exact) mass is 273 g/mol. The quantitative estimate of drug-likeness (QED) is 0.780. The summed E-state index contributed by atoms with van der Waals surface area (Å²) in [5.74, 6) is 0. The summed E-state index contributed by atoms with van der Waals surface area (Å²) in [6.45, 7) is 0. The van der Waals surface area contributed by atoms with Crippen LogP contribution in [0.25, 0.3) is 22.4 Å². The van der Waals surface area contributed by atoms with Gasteiger partial charge in [0.2, 0.25) is 0 Å². The summed E-state index contributed by atoms with van der Waals surface area (Å²) in [7, 11) is 0. The second-order valence-electron chi connectivity index (χ2n) is 4.52. The molecular formula is C17H11N3O. The van der Waals surface area contributed by atoms with Gasteiger partial charge in [0.05, 0.1) is 0 Å². The smallest absolute Gasteiger partial charge is 0.266 e. The van der Waals surface area contributed by atoms with Crippen LogP contribution >= 0.6 is 0 Å². The van der Waals surface area contributed by atoms with Crippen LogP contribution in [-0.4, -0.2) is 9.97 Å². The van der Waals surface area contributed by atoms with E-state index in [2.05, 4.69) is 9.97 Å². The molecule has 0 bridgehead atoms. The molecular weight excluding hydrogens is 262 g/mol. The third kappa shape index (κ3) is 2.45. The van der Waals surface area contributed by atoms with Gasteiger partial charge in [-0.15, -0.1) is 0 Å². The van der Waals surface area contributed by atoms with E-state index in [1.54, 1.807) is 18.5 Å². The van der Waals surface area contributed by atoms with Gasteiger partial charge < -0.3 is 4.98 Å². The zero-order valence-electron chi connectivity index (χ0n) is 11.1. The van der Waals surface area contributed by atoms with E-state index in [0.717, 1.165) is 11.1 Å². The highest BCUT2D eigenvalue weighted by Gasteiger charge is 2.12. The Hall–Kier alpha value is -3.19. The van der Waals surface area contributed by atoms with E-state index < -0.39 is 5.56 Å². The Bertz CT molecular complexity index is 862. The van der Waals surface area contributed by atoms with Gasteiger partial charge in [-0.2, -0.15) is 5.26 Å². The fourth-order valence-electron chi connectivity index (χ4n) is 2.19. The third-order valence-corrected chi connectivity index (χ3v) is 3.20. The summed E-state index contributed by atoms with van der Waals surface area (Å²) >= 11 is 0. The van der Waals surface area contributed by atoms with Crippen molar-refractivity contribution in [2.45, 2.75) is 0 Å². The summed E-state index contributed by atoms with van der Waals surface area (Å²) in [6, 6.07) is 16.9. The van der Waals surface area contributed by atoms with Crippen LogP contribution in [0.2, 0.25) is 0 Å². The van der Waals surface area contributed by atoms with Crippen molar-refractivity contribution < 1.29 is 0 Å². The van der Waals surface area contributed by atoms with Crippen molar-refractivity contribution in [3.05, 3.63) is 76.8 Å². The van der Waals surface area contributed by atoms with Crippen LogP contribution in [0.3, 0.4) is 0 Å². The molecule has 4 heteroatoms. The molecule has 0 spiro atoms. The van der Waals surface area contributed by atoms with E-state index >= 15 is 0 Å². The summed E-state index contributed by atoms with van der Waals surface area (Å²) in [4.78, 5) is 18.9. The predicted molar refractivity (Wildman–Crippen MR) is 80.4 cm³/mol. The molecule has 3 aromatic rings. The summed E-state index contributed by atoms with van der Waals surface area (Å²) in [6.07, 6.45) is 3.30. The van der Waals surface area contributed by atoms with Gasteiger partial charge in [-0.1, -0.05) is 36.4 Å². The van der Waals surface area contributed by atoms with Crippen LogP contribution in [0, 0.1) is 11.3 Å². The molecule has 0 saturated carbocycles. The molecule has 0 unspecified atom stereocenters. The fraction of sp³-hybridized carbons (Fsp3) is 0. The van der Waals surface area contributed by atoms with Crippen LogP contribution in [0.15, 0.2) is 65.7 Å². The van der Waals surface area contributed by atoms with Crippen molar-refractivity contribution in [1.29, 1.82) is 5.26 Å². The lowest BCUT2D eigenvalue weighted by molar-refractivity contribution is 1.21. The lowest BCUT2D eigenvalue weighted by atomic mass is 10.0. The average Bonchev–Trinajstić information content (AvgIpc) is 2.55. The van der Waals surface area contributed by atoms with Gasteiger partial charge in [0, 0.05) is 29.2 Å². The number of H-pyrrole nitrogens is 1. The number of aromatic nitrogens is 2. The molecule has 4 nitrogen and oxygen atoms in total. The highest BCUT2D eigenvalue weighted by molar-refractivity contribution is 5.74.